The van der Waals surface area contributed by atoms with Crippen molar-refractivity contribution < 1.29 is 22.5 Å². The highest BCUT2D eigenvalue weighted by Crippen LogP contribution is 2.30. The minimum absolute atomic E-state index is 0.193. The molecule has 0 bridgehead atoms. The fourth-order valence-corrected chi connectivity index (χ4v) is 5.67. The maximum Gasteiger partial charge on any atom is 0.333 e. The zero-order valence-corrected chi connectivity index (χ0v) is 21.1. The molecule has 1 aromatic carbocycles. The van der Waals surface area contributed by atoms with E-state index in [9.17, 15) is 18.3 Å². The summed E-state index contributed by atoms with van der Waals surface area (Å²) in [6, 6.07) is 9.68. The van der Waals surface area contributed by atoms with Gasteiger partial charge in [-0.2, -0.15) is 8.42 Å². The molecule has 3 aromatic rings. The van der Waals surface area contributed by atoms with Crippen LogP contribution in [0.5, 0.6) is 0 Å². The first kappa shape index (κ1) is 24.9. The topological polar surface area (TPSA) is 144 Å². The first-order valence-electron chi connectivity index (χ1n) is 10.5. The van der Waals surface area contributed by atoms with Crippen molar-refractivity contribution in [3.05, 3.63) is 74.3 Å². The van der Waals surface area contributed by atoms with Gasteiger partial charge in [0.2, 0.25) is 5.78 Å². The summed E-state index contributed by atoms with van der Waals surface area (Å²) < 4.78 is 27.7. The predicted octanol–water partition coefficient (Wildman–Crippen LogP) is 2.89. The van der Waals surface area contributed by atoms with Gasteiger partial charge in [-0.25, -0.2) is 15.1 Å². The van der Waals surface area contributed by atoms with Crippen LogP contribution in [0.4, 0.5) is 5.82 Å². The number of aromatic nitrogens is 2. The van der Waals surface area contributed by atoms with Gasteiger partial charge in [0.25, 0.3) is 0 Å². The van der Waals surface area contributed by atoms with Crippen LogP contribution in [0.3, 0.4) is 0 Å². The molecular formula is C22H23BrN4O5S2. The van der Waals surface area contributed by atoms with Crippen LogP contribution in [0.25, 0.3) is 0 Å². The van der Waals surface area contributed by atoms with Crippen molar-refractivity contribution >= 4 is 49.2 Å². The van der Waals surface area contributed by atoms with Gasteiger partial charge in [0, 0.05) is 22.6 Å². The zero-order valence-electron chi connectivity index (χ0n) is 17.9. The number of halogens is 1. The molecule has 0 radical (unpaired) electrons. The maximum absolute atomic E-state index is 13.2. The Labute approximate surface area is 209 Å². The van der Waals surface area contributed by atoms with Crippen LogP contribution in [0, 0.1) is 5.92 Å². The van der Waals surface area contributed by atoms with Crippen molar-refractivity contribution in [1.82, 2.24) is 9.97 Å². The van der Waals surface area contributed by atoms with E-state index in [0.29, 0.717) is 35.5 Å². The maximum atomic E-state index is 13.2. The zero-order chi connectivity index (χ0) is 24.3. The van der Waals surface area contributed by atoms with Crippen molar-refractivity contribution in [2.75, 3.05) is 11.9 Å². The summed E-state index contributed by atoms with van der Waals surface area (Å²) in [6.07, 6.45) is 3.55. The first-order valence-corrected chi connectivity index (χ1v) is 13.6. The Morgan fingerprint density at radius 3 is 2.88 bits per heavy atom. The van der Waals surface area contributed by atoms with Gasteiger partial charge in [0.15, 0.2) is 0 Å². The van der Waals surface area contributed by atoms with E-state index in [2.05, 4.69) is 35.4 Å². The van der Waals surface area contributed by atoms with E-state index in [-0.39, 0.29) is 18.4 Å². The number of thiophene rings is 1. The molecule has 0 aliphatic heterocycles. The lowest BCUT2D eigenvalue weighted by molar-refractivity contribution is 0.101. The molecule has 180 valence electrons. The molecule has 1 aliphatic rings. The van der Waals surface area contributed by atoms with E-state index in [0.717, 1.165) is 15.6 Å². The van der Waals surface area contributed by atoms with Gasteiger partial charge >= 0.3 is 10.3 Å². The summed E-state index contributed by atoms with van der Waals surface area (Å²) in [5.41, 5.74) is 2.50. The molecule has 0 spiro atoms. The molecule has 1 unspecified atom stereocenters. The number of aliphatic hydroxyl groups excluding tert-OH is 1. The molecule has 34 heavy (non-hydrogen) atoms. The van der Waals surface area contributed by atoms with Crippen molar-refractivity contribution in [2.45, 2.75) is 31.4 Å². The highest BCUT2D eigenvalue weighted by Gasteiger charge is 2.34. The second kappa shape index (κ2) is 10.6. The average Bonchev–Trinajstić information content (AvgIpc) is 3.38. The Morgan fingerprint density at radius 1 is 1.29 bits per heavy atom. The van der Waals surface area contributed by atoms with E-state index in [1.807, 2.05) is 35.7 Å². The Bertz CT molecular complexity index is 1280. The lowest BCUT2D eigenvalue weighted by Gasteiger charge is -2.15. The Balaban J connectivity index is 1.44. The number of anilines is 1. The summed E-state index contributed by atoms with van der Waals surface area (Å²) in [5.74, 6) is -0.233. The third-order valence-corrected chi connectivity index (χ3v) is 7.51. The molecule has 9 nitrogen and oxygen atoms in total. The standard InChI is InChI=1S/C22H23BrN4O5S2/c23-16-3-1-2-13(5-16)4-14-6-20(33-11-14)21(29)18-9-25-12-26-22(18)27-17-7-15(19(28)8-17)10-32-34(24,30)31/h1-3,5-6,9,11-12,15,17,19,28H,4,7-8,10H2,(H2,24,30,31)(H,25,26,27)/t15?,17-,19+/m1/s1. The molecule has 1 saturated carbocycles. The van der Waals surface area contributed by atoms with E-state index in [1.165, 1.54) is 23.9 Å². The fraction of sp³-hybridized carbons (Fsp3) is 0.318. The number of carbonyl (C=O) groups excluding carboxylic acids is 1. The second-order valence-electron chi connectivity index (χ2n) is 8.16. The van der Waals surface area contributed by atoms with Crippen molar-refractivity contribution in [3.8, 4) is 0 Å². The van der Waals surface area contributed by atoms with Gasteiger partial charge in [-0.05, 0) is 54.0 Å². The minimum atomic E-state index is -4.08. The number of hydrogen-bond donors (Lipinski definition) is 3. The highest BCUT2D eigenvalue weighted by molar-refractivity contribution is 9.10. The van der Waals surface area contributed by atoms with Gasteiger partial charge in [-0.3, -0.25) is 8.98 Å². The number of aliphatic hydroxyl groups is 1. The van der Waals surface area contributed by atoms with Crippen LogP contribution in [-0.4, -0.2) is 48.0 Å². The number of carbonyl (C=O) groups is 1. The Hall–Kier alpha value is -2.22. The molecule has 0 saturated heterocycles. The van der Waals surface area contributed by atoms with Crippen LogP contribution in [0.15, 0.2) is 52.7 Å². The third-order valence-electron chi connectivity index (χ3n) is 5.58. The molecule has 2 heterocycles. The van der Waals surface area contributed by atoms with Gasteiger partial charge in [0.1, 0.15) is 12.1 Å². The van der Waals surface area contributed by atoms with E-state index >= 15 is 0 Å². The molecule has 0 amide bonds. The number of ketones is 1. The van der Waals surface area contributed by atoms with Crippen molar-refractivity contribution in [1.29, 1.82) is 0 Å². The summed E-state index contributed by atoms with van der Waals surface area (Å²) >= 11 is 4.84. The molecule has 3 atom stereocenters. The van der Waals surface area contributed by atoms with E-state index < -0.39 is 22.3 Å². The predicted molar refractivity (Wildman–Crippen MR) is 132 cm³/mol. The van der Waals surface area contributed by atoms with Crippen LogP contribution in [0.1, 0.15) is 39.2 Å². The number of rotatable bonds is 9. The molecular weight excluding hydrogens is 544 g/mol. The fourth-order valence-electron chi connectivity index (χ4n) is 3.99. The smallest absolute Gasteiger partial charge is 0.333 e. The molecule has 4 rings (SSSR count). The second-order valence-corrected chi connectivity index (χ2v) is 11.2. The molecule has 2 aromatic heterocycles. The van der Waals surface area contributed by atoms with Gasteiger partial charge < -0.3 is 10.4 Å². The van der Waals surface area contributed by atoms with Crippen LogP contribution in [-0.2, 0) is 20.9 Å². The first-order chi connectivity index (χ1) is 16.2. The number of nitrogens with zero attached hydrogens (tertiary/aromatic N) is 2. The number of hydrogen-bond acceptors (Lipinski definition) is 9. The normalized spacial score (nSPS) is 20.4. The third kappa shape index (κ3) is 6.46. The molecule has 1 fully saturated rings. The van der Waals surface area contributed by atoms with Gasteiger partial charge in [-0.15, -0.1) is 11.3 Å². The van der Waals surface area contributed by atoms with E-state index in [4.69, 9.17) is 5.14 Å². The summed E-state index contributed by atoms with van der Waals surface area (Å²) in [6.45, 7) is -0.205. The summed E-state index contributed by atoms with van der Waals surface area (Å²) in [7, 11) is -4.08. The van der Waals surface area contributed by atoms with Gasteiger partial charge in [-0.1, -0.05) is 28.1 Å². The van der Waals surface area contributed by atoms with E-state index in [1.54, 1.807) is 0 Å². The van der Waals surface area contributed by atoms with Gasteiger partial charge in [0.05, 0.1) is 23.2 Å². The summed E-state index contributed by atoms with van der Waals surface area (Å²) in [4.78, 5) is 22.1. The number of benzene rings is 1. The Morgan fingerprint density at radius 2 is 2.12 bits per heavy atom. The molecule has 4 N–H and O–H groups in total. The monoisotopic (exact) mass is 566 g/mol. The average molecular weight is 567 g/mol. The number of nitrogens with two attached hydrogens (primary N) is 1. The highest BCUT2D eigenvalue weighted by atomic mass is 79.9. The van der Waals surface area contributed by atoms with Crippen molar-refractivity contribution in [2.24, 2.45) is 11.1 Å². The van der Waals surface area contributed by atoms with Crippen LogP contribution >= 0.6 is 27.3 Å². The summed E-state index contributed by atoms with van der Waals surface area (Å²) in [5, 5.41) is 20.3. The van der Waals surface area contributed by atoms with Crippen LogP contribution < -0.4 is 10.5 Å². The Kier molecular flexibility index (Phi) is 7.75. The minimum Gasteiger partial charge on any atom is -0.393 e. The number of nitrogens with one attached hydrogen (secondary N) is 1. The van der Waals surface area contributed by atoms with Crippen molar-refractivity contribution in [3.63, 3.8) is 0 Å². The lowest BCUT2D eigenvalue weighted by atomic mass is 10.1. The largest absolute Gasteiger partial charge is 0.393 e. The lowest BCUT2D eigenvalue weighted by Crippen LogP contribution is -2.24. The molecule has 1 aliphatic carbocycles. The quantitative estimate of drug-likeness (QED) is 0.335. The SMILES string of the molecule is NS(=O)(=O)OCC1C[C@@H](Nc2ncncc2C(=O)c2cc(Cc3cccc(Br)c3)cs2)C[C@@H]1O. The molecule has 12 heteroatoms. The van der Waals surface area contributed by atoms with Crippen LogP contribution in [0.2, 0.25) is 0 Å².